The number of nitrogens with zero attached hydrogens (tertiary/aromatic N) is 2. The molecule has 0 radical (unpaired) electrons. The first-order chi connectivity index (χ1) is 11.6. The van der Waals surface area contributed by atoms with Crippen LogP contribution in [0.15, 0.2) is 53.3 Å². The minimum absolute atomic E-state index is 0.00473. The van der Waals surface area contributed by atoms with Gasteiger partial charge in [0.15, 0.2) is 0 Å². The smallest absolute Gasteiger partial charge is 0.220 e. The molecule has 0 saturated heterocycles. The number of carbonyl (C=O) groups excluding carboxylic acids is 1. The predicted octanol–water partition coefficient (Wildman–Crippen LogP) is 3.24. The first-order valence-corrected chi connectivity index (χ1v) is 8.00. The number of hydrogen-bond acceptors (Lipinski definition) is 3. The maximum Gasteiger partial charge on any atom is 0.220 e. The number of hydrogen-bond donors (Lipinski definition) is 1. The van der Waals surface area contributed by atoms with E-state index in [-0.39, 0.29) is 5.91 Å². The molecule has 24 heavy (non-hydrogen) atoms. The van der Waals surface area contributed by atoms with Gasteiger partial charge in [0.1, 0.15) is 5.76 Å². The van der Waals surface area contributed by atoms with E-state index in [4.69, 9.17) is 4.42 Å². The Balaban J connectivity index is 1.62. The van der Waals surface area contributed by atoms with Gasteiger partial charge in [-0.25, -0.2) is 0 Å². The molecule has 124 valence electrons. The van der Waals surface area contributed by atoms with Crippen LogP contribution in [0.2, 0.25) is 0 Å². The molecule has 1 N–H and O–H groups in total. The Kier molecular flexibility index (Phi) is 4.79. The molecule has 5 nitrogen and oxygen atoms in total. The predicted molar refractivity (Wildman–Crippen MR) is 92.3 cm³/mol. The van der Waals surface area contributed by atoms with E-state index >= 15 is 0 Å². The summed E-state index contributed by atoms with van der Waals surface area (Å²) in [6, 6.07) is 11.9. The van der Waals surface area contributed by atoms with Crippen LogP contribution in [0.5, 0.6) is 0 Å². The molecule has 0 spiro atoms. The molecular formula is C19H21N3O2. The molecule has 0 bridgehead atoms. The number of furan rings is 1. The van der Waals surface area contributed by atoms with Crippen molar-refractivity contribution >= 4 is 5.91 Å². The van der Waals surface area contributed by atoms with Gasteiger partial charge >= 0.3 is 0 Å². The van der Waals surface area contributed by atoms with Crippen LogP contribution in [-0.2, 0) is 24.8 Å². The molecule has 0 aliphatic carbocycles. The van der Waals surface area contributed by atoms with Crippen LogP contribution >= 0.6 is 0 Å². The molecule has 0 saturated carbocycles. The van der Waals surface area contributed by atoms with Crippen molar-refractivity contribution in [3.05, 3.63) is 65.7 Å². The van der Waals surface area contributed by atoms with Crippen molar-refractivity contribution in [3.63, 3.8) is 0 Å². The third-order valence-corrected chi connectivity index (χ3v) is 3.89. The van der Waals surface area contributed by atoms with Crippen LogP contribution in [0.25, 0.3) is 11.3 Å². The minimum atomic E-state index is 0.00473. The van der Waals surface area contributed by atoms with Crippen LogP contribution in [-0.4, -0.2) is 15.7 Å². The number of amides is 1. The summed E-state index contributed by atoms with van der Waals surface area (Å²) >= 11 is 0. The number of aromatic nitrogens is 2. The summed E-state index contributed by atoms with van der Waals surface area (Å²) in [5.74, 6) is 0.759. The molecule has 0 fully saturated rings. The summed E-state index contributed by atoms with van der Waals surface area (Å²) in [6.45, 7) is 2.48. The van der Waals surface area contributed by atoms with E-state index in [0.717, 1.165) is 22.6 Å². The molecule has 3 rings (SSSR count). The summed E-state index contributed by atoms with van der Waals surface area (Å²) < 4.78 is 7.01. The van der Waals surface area contributed by atoms with Crippen molar-refractivity contribution in [2.24, 2.45) is 7.05 Å². The first kappa shape index (κ1) is 16.1. The van der Waals surface area contributed by atoms with Crippen LogP contribution in [0.1, 0.15) is 23.3 Å². The third-order valence-electron chi connectivity index (χ3n) is 3.89. The van der Waals surface area contributed by atoms with Gasteiger partial charge in [-0.05, 0) is 31.0 Å². The quantitative estimate of drug-likeness (QED) is 0.757. The van der Waals surface area contributed by atoms with Crippen molar-refractivity contribution in [2.75, 3.05) is 0 Å². The largest absolute Gasteiger partial charge is 0.467 e. The van der Waals surface area contributed by atoms with Crippen molar-refractivity contribution < 1.29 is 9.21 Å². The molecule has 0 unspecified atom stereocenters. The molecule has 2 aromatic heterocycles. The van der Waals surface area contributed by atoms with Crippen LogP contribution in [0.3, 0.4) is 0 Å². The standard InChI is InChI=1S/C19H21N3O2/c1-14-5-7-15(8-6-14)19-16(13-22(2)21-19)9-10-18(23)20-12-17-4-3-11-24-17/h3-8,11,13H,9-10,12H2,1-2H3,(H,20,23). The van der Waals surface area contributed by atoms with Gasteiger partial charge in [0.2, 0.25) is 5.91 Å². The van der Waals surface area contributed by atoms with E-state index in [2.05, 4.69) is 41.6 Å². The number of benzene rings is 1. The highest BCUT2D eigenvalue weighted by molar-refractivity contribution is 5.76. The summed E-state index contributed by atoms with van der Waals surface area (Å²) in [5, 5.41) is 7.41. The van der Waals surface area contributed by atoms with Crippen LogP contribution in [0.4, 0.5) is 0 Å². The molecule has 3 aromatic rings. The van der Waals surface area contributed by atoms with Crippen LogP contribution in [0, 0.1) is 6.92 Å². The van der Waals surface area contributed by atoms with Crippen molar-refractivity contribution in [3.8, 4) is 11.3 Å². The lowest BCUT2D eigenvalue weighted by atomic mass is 10.0. The van der Waals surface area contributed by atoms with Gasteiger partial charge in [-0.15, -0.1) is 0 Å². The average molecular weight is 323 g/mol. The Hall–Kier alpha value is -2.82. The van der Waals surface area contributed by atoms with Gasteiger partial charge in [-0.1, -0.05) is 29.8 Å². The number of nitrogens with one attached hydrogen (secondary N) is 1. The second-order valence-electron chi connectivity index (χ2n) is 5.90. The normalized spacial score (nSPS) is 10.8. The fourth-order valence-electron chi connectivity index (χ4n) is 2.61. The Morgan fingerprint density at radius 1 is 1.25 bits per heavy atom. The van der Waals surface area contributed by atoms with Gasteiger partial charge in [0.25, 0.3) is 0 Å². The zero-order chi connectivity index (χ0) is 16.9. The number of aryl methyl sites for hydroxylation is 3. The highest BCUT2D eigenvalue weighted by Gasteiger charge is 2.12. The lowest BCUT2D eigenvalue weighted by Gasteiger charge is -2.05. The topological polar surface area (TPSA) is 60.1 Å². The molecule has 0 atom stereocenters. The summed E-state index contributed by atoms with van der Waals surface area (Å²) in [5.41, 5.74) is 4.31. The van der Waals surface area contributed by atoms with Gasteiger partial charge in [-0.3, -0.25) is 9.48 Å². The number of rotatable bonds is 6. The zero-order valence-corrected chi connectivity index (χ0v) is 14.0. The Bertz CT molecular complexity index is 802. The van der Waals surface area contributed by atoms with E-state index in [9.17, 15) is 4.79 Å². The molecule has 5 heteroatoms. The second kappa shape index (κ2) is 7.17. The van der Waals surface area contributed by atoms with Crippen molar-refractivity contribution in [2.45, 2.75) is 26.3 Å². The molecule has 1 aromatic carbocycles. The van der Waals surface area contributed by atoms with E-state index in [0.29, 0.717) is 19.4 Å². The number of carbonyl (C=O) groups is 1. The fourth-order valence-corrected chi connectivity index (χ4v) is 2.61. The third kappa shape index (κ3) is 3.93. The Labute approximate surface area is 141 Å². The van der Waals surface area contributed by atoms with E-state index < -0.39 is 0 Å². The van der Waals surface area contributed by atoms with Gasteiger partial charge < -0.3 is 9.73 Å². The average Bonchev–Trinajstić information content (AvgIpc) is 3.21. The Morgan fingerprint density at radius 3 is 2.75 bits per heavy atom. The van der Waals surface area contributed by atoms with E-state index in [1.165, 1.54) is 5.56 Å². The monoisotopic (exact) mass is 323 g/mol. The molecule has 1 amide bonds. The maximum atomic E-state index is 12.0. The summed E-state index contributed by atoms with van der Waals surface area (Å²) in [6.07, 6.45) is 4.66. The first-order valence-electron chi connectivity index (χ1n) is 8.00. The molecule has 2 heterocycles. The molecule has 0 aliphatic rings. The van der Waals surface area contributed by atoms with Crippen molar-refractivity contribution in [1.29, 1.82) is 0 Å². The summed E-state index contributed by atoms with van der Waals surface area (Å²) in [4.78, 5) is 12.0. The van der Waals surface area contributed by atoms with Crippen molar-refractivity contribution in [1.82, 2.24) is 15.1 Å². The SMILES string of the molecule is Cc1ccc(-c2nn(C)cc2CCC(=O)NCc2ccco2)cc1. The fraction of sp³-hybridized carbons (Fsp3) is 0.263. The second-order valence-corrected chi connectivity index (χ2v) is 5.90. The zero-order valence-electron chi connectivity index (χ0n) is 14.0. The molecule has 0 aliphatic heterocycles. The maximum absolute atomic E-state index is 12.0. The lowest BCUT2D eigenvalue weighted by Crippen LogP contribution is -2.22. The van der Waals surface area contributed by atoms with Gasteiger partial charge in [-0.2, -0.15) is 5.10 Å². The summed E-state index contributed by atoms with van der Waals surface area (Å²) in [7, 11) is 1.90. The van der Waals surface area contributed by atoms with E-state index in [1.54, 1.807) is 10.9 Å². The lowest BCUT2D eigenvalue weighted by molar-refractivity contribution is -0.121. The van der Waals surface area contributed by atoms with Crippen LogP contribution < -0.4 is 5.32 Å². The Morgan fingerprint density at radius 2 is 2.04 bits per heavy atom. The highest BCUT2D eigenvalue weighted by Crippen LogP contribution is 2.23. The van der Waals surface area contributed by atoms with Gasteiger partial charge in [0, 0.05) is 25.2 Å². The molecular weight excluding hydrogens is 302 g/mol. The minimum Gasteiger partial charge on any atom is -0.467 e. The van der Waals surface area contributed by atoms with E-state index in [1.807, 2.05) is 25.4 Å². The highest BCUT2D eigenvalue weighted by atomic mass is 16.3. The van der Waals surface area contributed by atoms with Gasteiger partial charge in [0.05, 0.1) is 18.5 Å².